The van der Waals surface area contributed by atoms with Crippen LogP contribution in [0.15, 0.2) is 40.2 Å². The van der Waals surface area contributed by atoms with E-state index in [1.165, 1.54) is 11.8 Å². The van der Waals surface area contributed by atoms with Gasteiger partial charge in [-0.3, -0.25) is 4.79 Å². The molecule has 0 unspecified atom stereocenters. The monoisotopic (exact) mass is 287 g/mol. The third-order valence-corrected chi connectivity index (χ3v) is 3.32. The molecule has 1 heterocycles. The van der Waals surface area contributed by atoms with Crippen molar-refractivity contribution in [2.75, 3.05) is 11.1 Å². The van der Waals surface area contributed by atoms with E-state index in [-0.39, 0.29) is 5.91 Å². The first kappa shape index (κ1) is 14.2. The third kappa shape index (κ3) is 3.87. The Labute approximate surface area is 121 Å². The molecule has 0 aliphatic heterocycles. The fourth-order valence-corrected chi connectivity index (χ4v) is 2.32. The highest BCUT2D eigenvalue weighted by atomic mass is 32.2. The molecule has 1 N–H and O–H groups in total. The molecule has 0 atom stereocenters. The van der Waals surface area contributed by atoms with Crippen LogP contribution in [0.4, 0.5) is 5.69 Å². The summed E-state index contributed by atoms with van der Waals surface area (Å²) in [6.45, 7) is 1.85. The second-order valence-electron chi connectivity index (χ2n) is 4.06. The van der Waals surface area contributed by atoms with E-state index in [4.69, 9.17) is 9.68 Å². The Hall–Kier alpha value is -2.26. The number of carbonyl (C=O) groups is 1. The van der Waals surface area contributed by atoms with Gasteiger partial charge in [0.05, 0.1) is 16.9 Å². The minimum Gasteiger partial charge on any atom is -0.440 e. The van der Waals surface area contributed by atoms with Crippen LogP contribution in [-0.2, 0) is 4.79 Å². The zero-order chi connectivity index (χ0) is 14.4. The highest BCUT2D eigenvalue weighted by molar-refractivity contribution is 7.99. The number of rotatable bonds is 5. The summed E-state index contributed by atoms with van der Waals surface area (Å²) in [5, 5.41) is 12.2. The smallest absolute Gasteiger partial charge is 0.255 e. The highest BCUT2D eigenvalue weighted by Crippen LogP contribution is 2.18. The molecule has 5 nitrogen and oxygen atoms in total. The lowest BCUT2D eigenvalue weighted by atomic mass is 10.2. The van der Waals surface area contributed by atoms with E-state index in [0.717, 1.165) is 5.69 Å². The molecule has 0 saturated carbocycles. The van der Waals surface area contributed by atoms with Crippen molar-refractivity contribution in [2.24, 2.45) is 0 Å². The number of nitrogens with one attached hydrogen (secondary N) is 1. The zero-order valence-electron chi connectivity index (χ0n) is 10.9. The number of thioether (sulfide) groups is 1. The summed E-state index contributed by atoms with van der Waals surface area (Å²) >= 11 is 1.39. The Morgan fingerprint density at radius 1 is 1.50 bits per heavy atom. The van der Waals surface area contributed by atoms with Gasteiger partial charge in [0.2, 0.25) is 5.91 Å². The van der Waals surface area contributed by atoms with E-state index >= 15 is 0 Å². The summed E-state index contributed by atoms with van der Waals surface area (Å²) in [5.74, 6) is 0.434. The lowest BCUT2D eigenvalue weighted by Crippen LogP contribution is -2.13. The van der Waals surface area contributed by atoms with E-state index in [9.17, 15) is 4.79 Å². The first-order valence-corrected chi connectivity index (χ1v) is 7.01. The summed E-state index contributed by atoms with van der Waals surface area (Å²) in [4.78, 5) is 15.9. The van der Waals surface area contributed by atoms with E-state index in [1.807, 2.05) is 13.0 Å². The van der Waals surface area contributed by atoms with Crippen molar-refractivity contribution in [1.82, 2.24) is 4.98 Å². The minimum absolute atomic E-state index is 0.136. The number of hydrogen-bond acceptors (Lipinski definition) is 5. The Kier molecular flexibility index (Phi) is 4.80. The molecule has 1 aromatic carbocycles. The zero-order valence-corrected chi connectivity index (χ0v) is 11.7. The molecule has 2 rings (SSSR count). The number of nitriles is 1. The van der Waals surface area contributed by atoms with Crippen LogP contribution in [0.1, 0.15) is 17.7 Å². The van der Waals surface area contributed by atoms with Crippen molar-refractivity contribution in [3.05, 3.63) is 41.8 Å². The van der Waals surface area contributed by atoms with Crippen molar-refractivity contribution in [3.8, 4) is 6.07 Å². The number of amides is 1. The Morgan fingerprint density at radius 3 is 3.00 bits per heavy atom. The molecule has 0 saturated heterocycles. The summed E-state index contributed by atoms with van der Waals surface area (Å²) in [6.07, 6.45) is 1.90. The second kappa shape index (κ2) is 6.78. The van der Waals surface area contributed by atoms with Gasteiger partial charge in [-0.1, -0.05) is 23.9 Å². The fourth-order valence-electron chi connectivity index (χ4n) is 1.53. The molecule has 0 aliphatic rings. The van der Waals surface area contributed by atoms with E-state index in [2.05, 4.69) is 10.3 Å². The molecular formula is C14H13N3O2S. The van der Waals surface area contributed by atoms with Crippen molar-refractivity contribution < 1.29 is 9.21 Å². The van der Waals surface area contributed by atoms with Crippen LogP contribution in [0.2, 0.25) is 0 Å². The van der Waals surface area contributed by atoms with Crippen molar-refractivity contribution >= 4 is 23.4 Å². The predicted octanol–water partition coefficient (Wildman–Crippen LogP) is 2.98. The average Bonchev–Trinajstić information content (AvgIpc) is 2.85. The maximum absolute atomic E-state index is 11.8. The molecule has 0 fully saturated rings. The molecule has 6 heteroatoms. The quantitative estimate of drug-likeness (QED) is 0.855. The van der Waals surface area contributed by atoms with Gasteiger partial charge in [-0.2, -0.15) is 5.26 Å². The van der Waals surface area contributed by atoms with Gasteiger partial charge >= 0.3 is 0 Å². The molecule has 0 aliphatic carbocycles. The van der Waals surface area contributed by atoms with Crippen LogP contribution in [0.5, 0.6) is 0 Å². The maximum atomic E-state index is 11.8. The van der Waals surface area contributed by atoms with Gasteiger partial charge < -0.3 is 9.73 Å². The summed E-state index contributed by atoms with van der Waals surface area (Å²) in [7, 11) is 0. The molecule has 20 heavy (non-hydrogen) atoms. The Balaban J connectivity index is 1.82. The summed E-state index contributed by atoms with van der Waals surface area (Å²) in [6, 6.07) is 8.95. The topological polar surface area (TPSA) is 78.9 Å². The number of benzene rings is 1. The van der Waals surface area contributed by atoms with Gasteiger partial charge in [0.25, 0.3) is 5.22 Å². The van der Waals surface area contributed by atoms with Gasteiger partial charge in [0.1, 0.15) is 12.3 Å². The number of aromatic nitrogens is 1. The SMILES string of the molecule is Cc1coc(SCCC(=O)Nc2ccccc2C#N)n1. The van der Waals surface area contributed by atoms with Crippen LogP contribution < -0.4 is 5.32 Å². The van der Waals surface area contributed by atoms with Crippen LogP contribution in [0, 0.1) is 18.3 Å². The molecule has 0 bridgehead atoms. The molecule has 2 aromatic rings. The molecule has 1 aromatic heterocycles. The number of anilines is 1. The lowest BCUT2D eigenvalue weighted by molar-refractivity contribution is -0.115. The van der Waals surface area contributed by atoms with Crippen LogP contribution in [-0.4, -0.2) is 16.6 Å². The van der Waals surface area contributed by atoms with Gasteiger partial charge in [-0.25, -0.2) is 4.98 Å². The molecule has 0 spiro atoms. The number of nitrogens with zero attached hydrogens (tertiary/aromatic N) is 2. The predicted molar refractivity (Wildman–Crippen MR) is 76.4 cm³/mol. The van der Waals surface area contributed by atoms with Gasteiger partial charge in [0, 0.05) is 12.2 Å². The van der Waals surface area contributed by atoms with E-state index in [1.54, 1.807) is 30.5 Å². The summed E-state index contributed by atoms with van der Waals surface area (Å²) < 4.78 is 5.18. The van der Waals surface area contributed by atoms with E-state index < -0.39 is 0 Å². The van der Waals surface area contributed by atoms with Crippen molar-refractivity contribution in [3.63, 3.8) is 0 Å². The van der Waals surface area contributed by atoms with Crippen molar-refractivity contribution in [1.29, 1.82) is 5.26 Å². The molecule has 1 amide bonds. The van der Waals surface area contributed by atoms with Crippen molar-refractivity contribution in [2.45, 2.75) is 18.6 Å². The maximum Gasteiger partial charge on any atom is 0.255 e. The largest absolute Gasteiger partial charge is 0.440 e. The highest BCUT2D eigenvalue weighted by Gasteiger charge is 2.08. The Bertz CT molecular complexity index is 646. The number of aryl methyl sites for hydroxylation is 1. The Morgan fingerprint density at radius 2 is 2.30 bits per heavy atom. The van der Waals surface area contributed by atoms with Gasteiger partial charge in [-0.15, -0.1) is 0 Å². The molecule has 0 radical (unpaired) electrons. The minimum atomic E-state index is -0.136. The van der Waals surface area contributed by atoms with E-state index in [0.29, 0.717) is 28.6 Å². The van der Waals surface area contributed by atoms with Crippen LogP contribution in [0.25, 0.3) is 0 Å². The number of carbonyl (C=O) groups excluding carboxylic acids is 1. The average molecular weight is 287 g/mol. The third-order valence-electron chi connectivity index (χ3n) is 2.47. The number of para-hydroxylation sites is 1. The molecule has 102 valence electrons. The second-order valence-corrected chi connectivity index (χ2v) is 5.10. The van der Waals surface area contributed by atoms with Gasteiger partial charge in [-0.05, 0) is 19.1 Å². The first-order chi connectivity index (χ1) is 9.69. The normalized spacial score (nSPS) is 10.0. The standard InChI is InChI=1S/C14H13N3O2S/c1-10-9-19-14(16-10)20-7-6-13(18)17-12-5-3-2-4-11(12)8-15/h2-5,9H,6-7H2,1H3,(H,17,18). The first-order valence-electron chi connectivity index (χ1n) is 6.03. The molecular weight excluding hydrogens is 274 g/mol. The van der Waals surface area contributed by atoms with Crippen LogP contribution in [0.3, 0.4) is 0 Å². The summed E-state index contributed by atoms with van der Waals surface area (Å²) in [5.41, 5.74) is 1.81. The number of hydrogen-bond donors (Lipinski definition) is 1. The lowest BCUT2D eigenvalue weighted by Gasteiger charge is -2.05. The van der Waals surface area contributed by atoms with Crippen LogP contribution >= 0.6 is 11.8 Å². The van der Waals surface area contributed by atoms with Gasteiger partial charge in [0.15, 0.2) is 0 Å². The number of oxazole rings is 1. The fraction of sp³-hybridized carbons (Fsp3) is 0.214.